The van der Waals surface area contributed by atoms with Crippen LogP contribution in [0.15, 0.2) is 18.2 Å². The number of pyridine rings is 1. The van der Waals surface area contributed by atoms with Crippen molar-refractivity contribution in [1.82, 2.24) is 9.88 Å². The first kappa shape index (κ1) is 27.5. The lowest BCUT2D eigenvalue weighted by Crippen LogP contribution is -2.49. The predicted molar refractivity (Wildman–Crippen MR) is 154 cm³/mol. The number of unbranched alkanes of at least 4 members (excludes halogenated alkanes) is 1. The Hall–Kier alpha value is -2.58. The number of benzene rings is 1. The number of aromatic nitrogens is 1. The highest BCUT2D eigenvalue weighted by Gasteiger charge is 2.29. The van der Waals surface area contributed by atoms with Gasteiger partial charge in [-0.2, -0.15) is 0 Å². The van der Waals surface area contributed by atoms with Gasteiger partial charge in [0, 0.05) is 54.6 Å². The fourth-order valence-corrected chi connectivity index (χ4v) is 5.20. The molecule has 8 nitrogen and oxygen atoms in total. The zero-order valence-electron chi connectivity index (χ0n) is 23.6. The van der Waals surface area contributed by atoms with E-state index in [0.29, 0.717) is 19.0 Å². The highest BCUT2D eigenvalue weighted by molar-refractivity contribution is 6.04. The molecule has 1 aromatic heterocycles. The monoisotopic (exact) mass is 510 g/mol. The van der Waals surface area contributed by atoms with E-state index in [9.17, 15) is 4.79 Å². The molecule has 1 atom stereocenters. The van der Waals surface area contributed by atoms with Crippen LogP contribution in [0.4, 0.5) is 22.9 Å². The fraction of sp³-hybridized carbons (Fsp3) is 0.655. The molecular weight excluding hydrogens is 464 g/mol. The first-order valence-corrected chi connectivity index (χ1v) is 13.8. The average Bonchev–Trinajstić information content (AvgIpc) is 3.28. The Morgan fingerprint density at radius 2 is 1.81 bits per heavy atom. The molecular formula is C29H46N6O2. The molecule has 0 aliphatic carbocycles. The number of nitrogens with one attached hydrogen (secondary N) is 2. The lowest BCUT2D eigenvalue weighted by atomic mass is 9.89. The maximum atomic E-state index is 11.8. The van der Waals surface area contributed by atoms with Crippen LogP contribution < -0.4 is 21.3 Å². The summed E-state index contributed by atoms with van der Waals surface area (Å²) in [6.07, 6.45) is 3.60. The normalized spacial score (nSPS) is 18.5. The van der Waals surface area contributed by atoms with Crippen molar-refractivity contribution in [2.24, 2.45) is 10.8 Å². The molecule has 0 radical (unpaired) electrons. The molecule has 1 saturated heterocycles. The van der Waals surface area contributed by atoms with Crippen LogP contribution in [0.5, 0.6) is 0 Å². The van der Waals surface area contributed by atoms with Gasteiger partial charge in [-0.15, -0.1) is 0 Å². The first-order valence-electron chi connectivity index (χ1n) is 13.8. The summed E-state index contributed by atoms with van der Waals surface area (Å²) in [6.45, 7) is 18.3. The SMILES string of the molecule is CCCCC1Nc2c(N)nc3ccc(N4CCN(CC(C)(C)COCC(C)(C)C(C)=O)CC4)cc3c2N1. The van der Waals surface area contributed by atoms with Gasteiger partial charge in [0.2, 0.25) is 0 Å². The summed E-state index contributed by atoms with van der Waals surface area (Å²) in [6, 6.07) is 6.53. The third-order valence-corrected chi connectivity index (χ3v) is 7.78. The molecule has 4 rings (SSSR count). The molecule has 2 aliphatic heterocycles. The van der Waals surface area contributed by atoms with Crippen LogP contribution in [0.2, 0.25) is 0 Å². The van der Waals surface area contributed by atoms with Gasteiger partial charge in [-0.1, -0.05) is 41.0 Å². The number of Topliss-reactive ketones (excluding diaryl/α,β-unsaturated/α-hetero) is 1. The van der Waals surface area contributed by atoms with Crippen molar-refractivity contribution in [3.8, 4) is 0 Å². The summed E-state index contributed by atoms with van der Waals surface area (Å²) in [5.41, 5.74) is 10.1. The number of fused-ring (bicyclic) bond motifs is 3. The predicted octanol–water partition coefficient (Wildman–Crippen LogP) is 4.95. The van der Waals surface area contributed by atoms with Gasteiger partial charge in [-0.05, 0) is 38.0 Å². The second kappa shape index (κ2) is 11.0. The van der Waals surface area contributed by atoms with E-state index < -0.39 is 5.41 Å². The van der Waals surface area contributed by atoms with Crippen LogP contribution in [0.3, 0.4) is 0 Å². The van der Waals surface area contributed by atoms with Gasteiger partial charge >= 0.3 is 0 Å². The van der Waals surface area contributed by atoms with E-state index in [1.54, 1.807) is 6.92 Å². The Kier molecular flexibility index (Phi) is 8.19. The molecule has 1 aromatic carbocycles. The van der Waals surface area contributed by atoms with Gasteiger partial charge in [0.1, 0.15) is 17.3 Å². The van der Waals surface area contributed by atoms with Crippen LogP contribution in [0.1, 0.15) is 60.8 Å². The minimum atomic E-state index is -0.426. The number of anilines is 4. The minimum Gasteiger partial charge on any atom is -0.382 e. The number of piperazine rings is 1. The average molecular weight is 511 g/mol. The van der Waals surface area contributed by atoms with E-state index in [2.05, 4.69) is 64.4 Å². The second-order valence-electron chi connectivity index (χ2n) is 12.3. The first-order chi connectivity index (χ1) is 17.5. The number of hydrogen-bond acceptors (Lipinski definition) is 8. The van der Waals surface area contributed by atoms with Gasteiger partial charge in [0.05, 0.1) is 30.6 Å². The Bertz CT molecular complexity index is 1110. The third-order valence-electron chi connectivity index (χ3n) is 7.78. The number of carbonyl (C=O) groups is 1. The summed E-state index contributed by atoms with van der Waals surface area (Å²) in [7, 11) is 0. The van der Waals surface area contributed by atoms with Crippen molar-refractivity contribution in [2.45, 2.75) is 67.0 Å². The van der Waals surface area contributed by atoms with Gasteiger partial charge in [0.25, 0.3) is 0 Å². The smallest absolute Gasteiger partial charge is 0.149 e. The van der Waals surface area contributed by atoms with Crippen molar-refractivity contribution in [2.75, 3.05) is 67.2 Å². The molecule has 204 valence electrons. The van der Waals surface area contributed by atoms with E-state index >= 15 is 0 Å². The Labute approximate surface area is 222 Å². The maximum absolute atomic E-state index is 11.8. The standard InChI is InChI=1S/C29H46N6O2/c1-7-8-9-24-32-25-22-16-21(10-11-23(22)31-27(30)26(25)33-24)35-14-12-34(13-15-35)17-28(3,4)18-37-19-29(5,6)20(2)36/h10-11,16,24,32-33H,7-9,12-15,17-19H2,1-6H3,(H2,30,31). The van der Waals surface area contributed by atoms with E-state index in [1.807, 2.05) is 13.8 Å². The highest BCUT2D eigenvalue weighted by atomic mass is 16.5. The summed E-state index contributed by atoms with van der Waals surface area (Å²) in [5, 5.41) is 8.33. The summed E-state index contributed by atoms with van der Waals surface area (Å²) >= 11 is 0. The van der Waals surface area contributed by atoms with Crippen molar-refractivity contribution in [3.05, 3.63) is 18.2 Å². The number of nitrogens with two attached hydrogens (primary N) is 1. The van der Waals surface area contributed by atoms with Crippen LogP contribution in [-0.4, -0.2) is 67.8 Å². The zero-order chi connectivity index (χ0) is 26.8. The number of rotatable bonds is 11. The van der Waals surface area contributed by atoms with Crippen molar-refractivity contribution < 1.29 is 9.53 Å². The van der Waals surface area contributed by atoms with Crippen LogP contribution in [-0.2, 0) is 9.53 Å². The quantitative estimate of drug-likeness (QED) is 0.391. The van der Waals surface area contributed by atoms with E-state index in [0.717, 1.165) is 61.4 Å². The molecule has 8 heteroatoms. The molecule has 2 aromatic rings. The minimum absolute atomic E-state index is 0.0249. The van der Waals surface area contributed by atoms with Crippen LogP contribution >= 0.6 is 0 Å². The highest BCUT2D eigenvalue weighted by Crippen LogP contribution is 2.41. The Morgan fingerprint density at radius 3 is 2.49 bits per heavy atom. The largest absolute Gasteiger partial charge is 0.382 e. The third kappa shape index (κ3) is 6.47. The molecule has 1 fully saturated rings. The van der Waals surface area contributed by atoms with Gasteiger partial charge < -0.3 is 26.0 Å². The van der Waals surface area contributed by atoms with Crippen molar-refractivity contribution >= 4 is 39.6 Å². The Morgan fingerprint density at radius 1 is 1.11 bits per heavy atom. The van der Waals surface area contributed by atoms with E-state index in [-0.39, 0.29) is 17.4 Å². The fourth-order valence-electron chi connectivity index (χ4n) is 5.20. The lowest BCUT2D eigenvalue weighted by Gasteiger charge is -2.40. The number of carbonyl (C=O) groups excluding carboxylic acids is 1. The van der Waals surface area contributed by atoms with Crippen LogP contribution in [0, 0.1) is 10.8 Å². The molecule has 4 N–H and O–H groups in total. The maximum Gasteiger partial charge on any atom is 0.149 e. The lowest BCUT2D eigenvalue weighted by molar-refractivity contribution is -0.128. The molecule has 0 bridgehead atoms. The van der Waals surface area contributed by atoms with Gasteiger partial charge in [0.15, 0.2) is 0 Å². The summed E-state index contributed by atoms with van der Waals surface area (Å²) in [4.78, 5) is 21.4. The summed E-state index contributed by atoms with van der Waals surface area (Å²) < 4.78 is 5.99. The van der Waals surface area contributed by atoms with Gasteiger partial charge in [-0.25, -0.2) is 4.98 Å². The van der Waals surface area contributed by atoms with E-state index in [1.165, 1.54) is 18.5 Å². The molecule has 3 heterocycles. The number of ketones is 1. The van der Waals surface area contributed by atoms with E-state index in [4.69, 9.17) is 10.5 Å². The van der Waals surface area contributed by atoms with Crippen molar-refractivity contribution in [3.63, 3.8) is 0 Å². The summed E-state index contributed by atoms with van der Waals surface area (Å²) in [5.74, 6) is 0.731. The topological polar surface area (TPSA) is 95.8 Å². The number of hydrogen-bond donors (Lipinski definition) is 3. The molecule has 37 heavy (non-hydrogen) atoms. The Balaban J connectivity index is 1.36. The molecule has 0 spiro atoms. The second-order valence-corrected chi connectivity index (χ2v) is 12.3. The number of nitrogens with zero attached hydrogens (tertiary/aromatic N) is 3. The molecule has 0 saturated carbocycles. The number of nitrogen functional groups attached to an aromatic ring is 1. The number of ether oxygens (including phenoxy) is 1. The van der Waals surface area contributed by atoms with Crippen molar-refractivity contribution in [1.29, 1.82) is 0 Å². The molecule has 1 unspecified atom stereocenters. The molecule has 2 aliphatic rings. The van der Waals surface area contributed by atoms with Gasteiger partial charge in [-0.3, -0.25) is 9.69 Å². The van der Waals surface area contributed by atoms with Crippen LogP contribution in [0.25, 0.3) is 10.9 Å². The zero-order valence-corrected chi connectivity index (χ0v) is 23.6. The molecule has 0 amide bonds.